The van der Waals surface area contributed by atoms with Crippen molar-refractivity contribution >= 4 is 30.8 Å². The van der Waals surface area contributed by atoms with E-state index in [1.807, 2.05) is 0 Å². The smallest absolute Gasteiger partial charge is 0.307 e. The molecule has 17 heavy (non-hydrogen) atoms. The summed E-state index contributed by atoms with van der Waals surface area (Å²) in [5, 5.41) is 0. The zero-order valence-corrected chi connectivity index (χ0v) is 12.0. The monoisotopic (exact) mass is 298 g/mol. The molecule has 1 fully saturated rings. The summed E-state index contributed by atoms with van der Waals surface area (Å²) in [5.41, 5.74) is -0.0102. The summed E-state index contributed by atoms with van der Waals surface area (Å²) in [7, 11) is -3.06. The van der Waals surface area contributed by atoms with E-state index in [2.05, 4.69) is 12.2 Å². The second-order valence-electron chi connectivity index (χ2n) is 4.43. The van der Waals surface area contributed by atoms with Crippen LogP contribution in [-0.2, 0) is 13.6 Å². The molecular weight excluding hydrogens is 282 g/mol. The Morgan fingerprint density at radius 3 is 2.18 bits per heavy atom. The molecule has 0 N–H and O–H groups in total. The molecule has 3 nitrogen and oxygen atoms in total. The number of allylic oxidation sites excluding steroid dienone is 2. The summed E-state index contributed by atoms with van der Waals surface area (Å²) in [6.45, 7) is 0.525. The van der Waals surface area contributed by atoms with Crippen LogP contribution < -0.4 is 0 Å². The van der Waals surface area contributed by atoms with Gasteiger partial charge in [-0.15, -0.1) is 23.2 Å². The van der Waals surface area contributed by atoms with Gasteiger partial charge >= 0.3 is 7.60 Å². The van der Waals surface area contributed by atoms with E-state index in [9.17, 15) is 4.57 Å². The number of rotatable bonds is 7. The van der Waals surface area contributed by atoms with E-state index in [0.29, 0.717) is 23.6 Å². The molecule has 0 saturated heterocycles. The minimum atomic E-state index is -3.06. The van der Waals surface area contributed by atoms with Crippen LogP contribution in [0.15, 0.2) is 12.2 Å². The second kappa shape index (κ2) is 6.08. The molecule has 0 amide bonds. The highest BCUT2D eigenvalue weighted by Gasteiger charge is 2.48. The van der Waals surface area contributed by atoms with Gasteiger partial charge in [0.05, 0.1) is 18.9 Å². The predicted molar refractivity (Wildman–Crippen MR) is 70.1 cm³/mol. The summed E-state index contributed by atoms with van der Waals surface area (Å²) in [4.78, 5) is 0. The van der Waals surface area contributed by atoms with Crippen LogP contribution in [0.5, 0.6) is 0 Å². The van der Waals surface area contributed by atoms with Gasteiger partial charge in [-0.3, -0.25) is 4.57 Å². The fourth-order valence-electron chi connectivity index (χ4n) is 2.67. The standard InChI is InChI=1S/C11H17Cl2O3P/c12-3-5-15-17(14,16-6-4-13)11-8-9-1-2-10(11)7-9/h1-2,9-11H,3-8H2/t9-,10+,11?/m0/s1. The highest BCUT2D eigenvalue weighted by atomic mass is 35.5. The summed E-state index contributed by atoms with van der Waals surface area (Å²) in [5.74, 6) is 1.52. The molecule has 6 heteroatoms. The molecule has 0 radical (unpaired) electrons. The summed E-state index contributed by atoms with van der Waals surface area (Å²) in [6.07, 6.45) is 6.31. The van der Waals surface area contributed by atoms with Crippen LogP contribution in [0.3, 0.4) is 0 Å². The molecule has 0 spiro atoms. The topological polar surface area (TPSA) is 35.5 Å². The van der Waals surface area contributed by atoms with Gasteiger partial charge in [-0.1, -0.05) is 12.2 Å². The minimum Gasteiger partial charge on any atom is -0.307 e. The van der Waals surface area contributed by atoms with Crippen LogP contribution in [0.4, 0.5) is 0 Å². The maximum atomic E-state index is 12.7. The Bertz CT molecular complexity index is 323. The van der Waals surface area contributed by atoms with Crippen LogP contribution in [0.2, 0.25) is 0 Å². The molecule has 2 aliphatic carbocycles. The normalized spacial score (nSPS) is 31.3. The minimum absolute atomic E-state index is 0.0102. The fraction of sp³-hybridized carbons (Fsp3) is 0.818. The highest BCUT2D eigenvalue weighted by Crippen LogP contribution is 2.63. The molecule has 2 bridgehead atoms. The first-order chi connectivity index (χ1) is 8.19. The Morgan fingerprint density at radius 1 is 1.12 bits per heavy atom. The largest absolute Gasteiger partial charge is 0.334 e. The number of fused-ring (bicyclic) bond motifs is 2. The first kappa shape index (κ1) is 13.9. The third-order valence-electron chi connectivity index (χ3n) is 3.35. The van der Waals surface area contributed by atoms with Crippen LogP contribution in [0.1, 0.15) is 12.8 Å². The Morgan fingerprint density at radius 2 is 1.76 bits per heavy atom. The fourth-order valence-corrected chi connectivity index (χ4v) is 5.41. The lowest BCUT2D eigenvalue weighted by molar-refractivity contribution is 0.210. The van der Waals surface area contributed by atoms with E-state index in [-0.39, 0.29) is 18.9 Å². The number of hydrogen-bond donors (Lipinski definition) is 0. The summed E-state index contributed by atoms with van der Waals surface area (Å²) >= 11 is 11.2. The highest BCUT2D eigenvalue weighted by molar-refractivity contribution is 7.54. The summed E-state index contributed by atoms with van der Waals surface area (Å²) < 4.78 is 23.6. The third-order valence-corrected chi connectivity index (χ3v) is 6.15. The van der Waals surface area contributed by atoms with Crippen molar-refractivity contribution in [2.45, 2.75) is 18.5 Å². The zero-order valence-electron chi connectivity index (χ0n) is 9.56. The third kappa shape index (κ3) is 3.08. The van der Waals surface area contributed by atoms with Crippen molar-refractivity contribution in [3.63, 3.8) is 0 Å². The lowest BCUT2D eigenvalue weighted by Gasteiger charge is -2.27. The quantitative estimate of drug-likeness (QED) is 0.409. The van der Waals surface area contributed by atoms with Crippen LogP contribution in [0, 0.1) is 11.8 Å². The van der Waals surface area contributed by atoms with Gasteiger partial charge in [0.1, 0.15) is 0 Å². The van der Waals surface area contributed by atoms with Gasteiger partial charge in [0.25, 0.3) is 0 Å². The van der Waals surface area contributed by atoms with Gasteiger partial charge in [0.2, 0.25) is 0 Å². The van der Waals surface area contributed by atoms with E-state index in [0.717, 1.165) is 12.8 Å². The maximum Gasteiger partial charge on any atom is 0.334 e. The van der Waals surface area contributed by atoms with Crippen molar-refractivity contribution in [2.75, 3.05) is 25.0 Å². The van der Waals surface area contributed by atoms with Gasteiger partial charge in [0, 0.05) is 11.8 Å². The zero-order chi connectivity index (χ0) is 12.3. The Balaban J connectivity index is 2.04. The van der Waals surface area contributed by atoms with Crippen molar-refractivity contribution in [3.05, 3.63) is 12.2 Å². The number of halogens is 2. The average molecular weight is 299 g/mol. The van der Waals surface area contributed by atoms with Gasteiger partial charge in [-0.25, -0.2) is 0 Å². The molecule has 1 unspecified atom stereocenters. The molecule has 1 saturated carbocycles. The molecular formula is C11H17Cl2O3P. The molecule has 0 heterocycles. The molecule has 0 aliphatic heterocycles. The van der Waals surface area contributed by atoms with Crippen LogP contribution in [-0.4, -0.2) is 30.6 Å². The van der Waals surface area contributed by atoms with Gasteiger partial charge in [-0.2, -0.15) is 0 Å². The van der Waals surface area contributed by atoms with Gasteiger partial charge < -0.3 is 9.05 Å². The molecule has 2 rings (SSSR count). The number of alkyl halides is 2. The van der Waals surface area contributed by atoms with E-state index in [1.165, 1.54) is 0 Å². The molecule has 98 valence electrons. The SMILES string of the molecule is O=P(OCCCl)(OCCCl)C1C[C@H]2C=C[C@@H]1C2. The maximum absolute atomic E-state index is 12.7. The van der Waals surface area contributed by atoms with Crippen molar-refractivity contribution in [1.82, 2.24) is 0 Å². The average Bonchev–Trinajstić information content (AvgIpc) is 2.96. The van der Waals surface area contributed by atoms with Crippen LogP contribution >= 0.6 is 30.8 Å². The van der Waals surface area contributed by atoms with Crippen molar-refractivity contribution in [3.8, 4) is 0 Å². The number of hydrogen-bond acceptors (Lipinski definition) is 3. The summed E-state index contributed by atoms with van der Waals surface area (Å²) in [6, 6.07) is 0. The van der Waals surface area contributed by atoms with E-state index in [4.69, 9.17) is 32.2 Å². The van der Waals surface area contributed by atoms with Gasteiger partial charge in [0.15, 0.2) is 0 Å². The Kier molecular flexibility index (Phi) is 4.96. The van der Waals surface area contributed by atoms with Gasteiger partial charge in [-0.05, 0) is 24.7 Å². The van der Waals surface area contributed by atoms with Crippen molar-refractivity contribution in [1.29, 1.82) is 0 Å². The lowest BCUT2D eigenvalue weighted by atomic mass is 10.1. The van der Waals surface area contributed by atoms with E-state index < -0.39 is 7.60 Å². The first-order valence-electron chi connectivity index (χ1n) is 5.88. The predicted octanol–water partition coefficient (Wildman–Crippen LogP) is 3.65. The molecule has 0 aromatic carbocycles. The Labute approximate surface area is 112 Å². The molecule has 0 aromatic heterocycles. The van der Waals surface area contributed by atoms with E-state index in [1.54, 1.807) is 0 Å². The second-order valence-corrected chi connectivity index (χ2v) is 7.45. The van der Waals surface area contributed by atoms with E-state index >= 15 is 0 Å². The van der Waals surface area contributed by atoms with Crippen molar-refractivity contribution in [2.24, 2.45) is 11.8 Å². The molecule has 3 atom stereocenters. The first-order valence-corrected chi connectivity index (χ1v) is 8.57. The Hall–Kier alpha value is 0.470. The van der Waals surface area contributed by atoms with Crippen LogP contribution in [0.25, 0.3) is 0 Å². The molecule has 0 aromatic rings. The lowest BCUT2D eigenvalue weighted by Crippen LogP contribution is -2.19. The molecule has 2 aliphatic rings. The van der Waals surface area contributed by atoms with Crippen molar-refractivity contribution < 1.29 is 13.6 Å².